The first kappa shape index (κ1) is 18.5. The van der Waals surface area contributed by atoms with E-state index in [0.717, 1.165) is 27.7 Å². The molecule has 2 aromatic carbocycles. The molecule has 0 unspecified atom stereocenters. The van der Waals surface area contributed by atoms with Crippen LogP contribution in [0.5, 0.6) is 5.75 Å². The highest BCUT2D eigenvalue weighted by atomic mass is 32.2. The highest BCUT2D eigenvalue weighted by Gasteiger charge is 2.33. The summed E-state index contributed by atoms with van der Waals surface area (Å²) in [5.74, 6) is 1.78. The normalized spacial score (nSPS) is 15.6. The summed E-state index contributed by atoms with van der Waals surface area (Å²) in [7, 11) is 0. The summed E-state index contributed by atoms with van der Waals surface area (Å²) >= 11 is 1.44. The lowest BCUT2D eigenvalue weighted by atomic mass is 10.0. The fourth-order valence-corrected chi connectivity index (χ4v) is 4.24. The van der Waals surface area contributed by atoms with E-state index in [9.17, 15) is 4.79 Å². The van der Waals surface area contributed by atoms with E-state index >= 15 is 0 Å². The minimum absolute atomic E-state index is 0.0310. The molecule has 0 bridgehead atoms. The molecule has 6 heteroatoms. The van der Waals surface area contributed by atoms with Gasteiger partial charge in [-0.05, 0) is 37.6 Å². The highest BCUT2D eigenvalue weighted by molar-refractivity contribution is 7.99. The van der Waals surface area contributed by atoms with E-state index in [1.165, 1.54) is 11.8 Å². The Bertz CT molecular complexity index is 974. The summed E-state index contributed by atoms with van der Waals surface area (Å²) < 4.78 is 5.94. The van der Waals surface area contributed by atoms with Crippen molar-refractivity contribution in [2.24, 2.45) is 0 Å². The van der Waals surface area contributed by atoms with E-state index in [-0.39, 0.29) is 11.9 Å². The van der Waals surface area contributed by atoms with Crippen molar-refractivity contribution in [3.8, 4) is 5.75 Å². The van der Waals surface area contributed by atoms with Gasteiger partial charge in [-0.1, -0.05) is 54.2 Å². The molecule has 142 valence electrons. The second kappa shape index (κ2) is 8.02. The van der Waals surface area contributed by atoms with Gasteiger partial charge in [-0.3, -0.25) is 9.69 Å². The Morgan fingerprint density at radius 3 is 2.64 bits per heavy atom. The van der Waals surface area contributed by atoms with Gasteiger partial charge >= 0.3 is 0 Å². The van der Waals surface area contributed by atoms with Crippen molar-refractivity contribution in [3.63, 3.8) is 0 Å². The van der Waals surface area contributed by atoms with Crippen molar-refractivity contribution >= 4 is 23.4 Å². The largest absolute Gasteiger partial charge is 0.489 e. The van der Waals surface area contributed by atoms with Crippen LogP contribution in [0.2, 0.25) is 0 Å². The summed E-state index contributed by atoms with van der Waals surface area (Å²) in [6.45, 7) is 4.23. The number of rotatable bonds is 4. The first-order valence-corrected chi connectivity index (χ1v) is 10.1. The van der Waals surface area contributed by atoms with Gasteiger partial charge in [-0.2, -0.15) is 0 Å². The van der Waals surface area contributed by atoms with Gasteiger partial charge in [0.05, 0.1) is 17.5 Å². The number of carbonyl (C=O) groups is 1. The number of aryl methyl sites for hydroxylation is 2. The van der Waals surface area contributed by atoms with Gasteiger partial charge < -0.3 is 4.74 Å². The number of anilines is 1. The first-order valence-electron chi connectivity index (χ1n) is 9.16. The minimum atomic E-state index is -0.155. The summed E-state index contributed by atoms with van der Waals surface area (Å²) in [6, 6.07) is 19.5. The average Bonchev–Trinajstić information content (AvgIpc) is 2.71. The van der Waals surface area contributed by atoms with Crippen LogP contribution in [0.15, 0.2) is 65.7 Å². The second-order valence-electron chi connectivity index (χ2n) is 6.65. The van der Waals surface area contributed by atoms with Gasteiger partial charge in [0.15, 0.2) is 0 Å². The summed E-state index contributed by atoms with van der Waals surface area (Å²) in [4.78, 5) is 23.9. The first-order chi connectivity index (χ1) is 13.6. The van der Waals surface area contributed by atoms with Crippen LogP contribution in [0, 0.1) is 13.8 Å². The Morgan fingerprint density at radius 1 is 1.11 bits per heavy atom. The van der Waals surface area contributed by atoms with Crippen LogP contribution in [-0.2, 0) is 4.79 Å². The molecule has 1 aliphatic heterocycles. The Balaban J connectivity index is 1.62. The molecule has 2 heterocycles. The molecule has 0 fully saturated rings. The third-order valence-electron chi connectivity index (χ3n) is 4.57. The van der Waals surface area contributed by atoms with E-state index in [4.69, 9.17) is 4.74 Å². The molecule has 0 saturated heterocycles. The minimum Gasteiger partial charge on any atom is -0.489 e. The smallest absolute Gasteiger partial charge is 0.238 e. The standard InChI is InChI=1S/C22H21N3O2S/c1-15-12-21(24-16(2)23-15)28-14-22(26)25-18-10-6-7-11-20(18)27-13-19(25)17-8-4-3-5-9-17/h3-12,19H,13-14H2,1-2H3/t19-/m1/s1. The van der Waals surface area contributed by atoms with Crippen molar-refractivity contribution in [3.05, 3.63) is 77.7 Å². The van der Waals surface area contributed by atoms with Crippen LogP contribution in [0.4, 0.5) is 5.69 Å². The van der Waals surface area contributed by atoms with Gasteiger partial charge in [0.25, 0.3) is 0 Å². The average molecular weight is 391 g/mol. The number of hydrogen-bond acceptors (Lipinski definition) is 5. The predicted octanol–water partition coefficient (Wildman–Crippen LogP) is 4.35. The highest BCUT2D eigenvalue weighted by Crippen LogP contribution is 2.39. The molecule has 1 atom stereocenters. The molecule has 4 rings (SSSR count). The lowest BCUT2D eigenvalue weighted by Crippen LogP contribution is -2.42. The van der Waals surface area contributed by atoms with Gasteiger partial charge in [-0.15, -0.1) is 0 Å². The molecule has 1 aromatic heterocycles. The SMILES string of the molecule is Cc1cc(SCC(=O)N2c3ccccc3OC[C@@H]2c2ccccc2)nc(C)n1. The molecule has 5 nitrogen and oxygen atoms in total. The van der Waals surface area contributed by atoms with Crippen molar-refractivity contribution < 1.29 is 9.53 Å². The summed E-state index contributed by atoms with van der Waals surface area (Å²) in [6.07, 6.45) is 0. The molecule has 0 N–H and O–H groups in total. The van der Waals surface area contributed by atoms with Crippen LogP contribution in [0.25, 0.3) is 0 Å². The van der Waals surface area contributed by atoms with Crippen molar-refractivity contribution in [1.29, 1.82) is 0 Å². The summed E-state index contributed by atoms with van der Waals surface area (Å²) in [5, 5.41) is 0.816. The van der Waals surface area contributed by atoms with E-state index in [1.807, 2.05) is 79.4 Å². The number of benzene rings is 2. The Morgan fingerprint density at radius 2 is 1.86 bits per heavy atom. The molecular weight excluding hydrogens is 370 g/mol. The third-order valence-corrected chi connectivity index (χ3v) is 5.47. The number of para-hydroxylation sites is 2. The molecule has 28 heavy (non-hydrogen) atoms. The monoisotopic (exact) mass is 391 g/mol. The van der Waals surface area contributed by atoms with Crippen molar-refractivity contribution in [2.75, 3.05) is 17.3 Å². The topological polar surface area (TPSA) is 55.3 Å². The van der Waals surface area contributed by atoms with Gasteiger partial charge in [0.1, 0.15) is 23.2 Å². The van der Waals surface area contributed by atoms with Crippen LogP contribution in [0.1, 0.15) is 23.1 Å². The van der Waals surface area contributed by atoms with E-state index < -0.39 is 0 Å². The van der Waals surface area contributed by atoms with Gasteiger partial charge in [-0.25, -0.2) is 9.97 Å². The number of hydrogen-bond donors (Lipinski definition) is 0. The van der Waals surface area contributed by atoms with Crippen molar-refractivity contribution in [1.82, 2.24) is 9.97 Å². The molecule has 0 aliphatic carbocycles. The number of thioether (sulfide) groups is 1. The van der Waals surface area contributed by atoms with Crippen molar-refractivity contribution in [2.45, 2.75) is 24.9 Å². The molecule has 3 aromatic rings. The van der Waals surface area contributed by atoms with Crippen LogP contribution < -0.4 is 9.64 Å². The number of fused-ring (bicyclic) bond motifs is 1. The molecule has 0 spiro atoms. The Kier molecular flexibility index (Phi) is 5.30. The van der Waals surface area contributed by atoms with Gasteiger partial charge in [0.2, 0.25) is 5.91 Å². The fraction of sp³-hybridized carbons (Fsp3) is 0.227. The Labute approximate surface area is 168 Å². The van der Waals surface area contributed by atoms with E-state index in [2.05, 4.69) is 9.97 Å². The molecule has 1 aliphatic rings. The maximum Gasteiger partial charge on any atom is 0.238 e. The summed E-state index contributed by atoms with van der Waals surface area (Å²) in [5.41, 5.74) is 2.77. The quantitative estimate of drug-likeness (QED) is 0.489. The zero-order valence-corrected chi connectivity index (χ0v) is 16.6. The zero-order valence-electron chi connectivity index (χ0n) is 15.8. The second-order valence-corrected chi connectivity index (χ2v) is 7.65. The number of carbonyl (C=O) groups excluding carboxylic acids is 1. The maximum absolute atomic E-state index is 13.3. The zero-order chi connectivity index (χ0) is 19.5. The van der Waals surface area contributed by atoms with Crippen LogP contribution in [0.3, 0.4) is 0 Å². The van der Waals surface area contributed by atoms with Crippen LogP contribution in [-0.4, -0.2) is 28.2 Å². The fourth-order valence-electron chi connectivity index (χ4n) is 3.38. The predicted molar refractivity (Wildman–Crippen MR) is 111 cm³/mol. The van der Waals surface area contributed by atoms with Crippen LogP contribution >= 0.6 is 11.8 Å². The lowest BCUT2D eigenvalue weighted by Gasteiger charge is -2.37. The Hall–Kier alpha value is -2.86. The number of ether oxygens (including phenoxy) is 1. The molecular formula is C22H21N3O2S. The third kappa shape index (κ3) is 3.87. The maximum atomic E-state index is 13.3. The van der Waals surface area contributed by atoms with Gasteiger partial charge in [0, 0.05) is 5.69 Å². The molecule has 0 radical (unpaired) electrons. The lowest BCUT2D eigenvalue weighted by molar-refractivity contribution is -0.117. The molecule has 0 saturated carbocycles. The number of nitrogens with zero attached hydrogens (tertiary/aromatic N) is 3. The number of amides is 1. The number of aromatic nitrogens is 2. The van der Waals surface area contributed by atoms with E-state index in [1.54, 1.807) is 0 Å². The molecule has 1 amide bonds. The van der Waals surface area contributed by atoms with E-state index in [0.29, 0.717) is 18.2 Å².